The molecule has 3 amide bonds. The fourth-order valence-electron chi connectivity index (χ4n) is 2.70. The zero-order chi connectivity index (χ0) is 19.3. The third-order valence-electron chi connectivity index (χ3n) is 4.23. The number of rotatable bonds is 5. The van der Waals surface area contributed by atoms with Gasteiger partial charge in [0.2, 0.25) is 0 Å². The molecule has 1 heterocycles. The van der Waals surface area contributed by atoms with Gasteiger partial charge in [-0.25, -0.2) is 4.79 Å². The van der Waals surface area contributed by atoms with E-state index in [9.17, 15) is 9.59 Å². The Morgan fingerprint density at radius 1 is 1.19 bits per heavy atom. The maximum atomic E-state index is 12.5. The first kappa shape index (κ1) is 19.4. The van der Waals surface area contributed by atoms with Crippen LogP contribution in [0.1, 0.15) is 46.6 Å². The van der Waals surface area contributed by atoms with Gasteiger partial charge in [0.1, 0.15) is 0 Å². The van der Waals surface area contributed by atoms with Crippen LogP contribution in [-0.4, -0.2) is 35.9 Å². The number of amides is 3. The number of carbonyl (C=O) groups excluding carboxylic acids is 2. The van der Waals surface area contributed by atoms with E-state index >= 15 is 0 Å². The second kappa shape index (κ2) is 8.47. The molecule has 0 radical (unpaired) electrons. The van der Waals surface area contributed by atoms with Gasteiger partial charge in [-0.15, -0.1) is 0 Å². The molecule has 26 heavy (non-hydrogen) atoms. The zero-order valence-electron chi connectivity index (χ0n) is 16.0. The van der Waals surface area contributed by atoms with Crippen molar-refractivity contribution in [3.63, 3.8) is 0 Å². The van der Waals surface area contributed by atoms with Gasteiger partial charge in [-0.2, -0.15) is 0 Å². The summed E-state index contributed by atoms with van der Waals surface area (Å²) in [4.78, 5) is 30.6. The standard InChI is InChI=1S/C20H26N4O2/c1-6-16(18-12-13(2)10-11-21-18)22-20(26)23-17-9-7-8-15(14(17)3)19(25)24(4)5/h7-12,16H,6H2,1-5H3,(H2,22,23,26)/t16-/m0/s1. The summed E-state index contributed by atoms with van der Waals surface area (Å²) in [5, 5.41) is 5.79. The van der Waals surface area contributed by atoms with Crippen LogP contribution in [0, 0.1) is 13.8 Å². The lowest BCUT2D eigenvalue weighted by Gasteiger charge is -2.19. The summed E-state index contributed by atoms with van der Waals surface area (Å²) in [5.74, 6) is -0.0954. The van der Waals surface area contributed by atoms with E-state index in [0.29, 0.717) is 11.3 Å². The van der Waals surface area contributed by atoms with Gasteiger partial charge >= 0.3 is 6.03 Å². The largest absolute Gasteiger partial charge is 0.345 e. The molecular formula is C20H26N4O2. The molecular weight excluding hydrogens is 328 g/mol. The number of nitrogens with one attached hydrogen (secondary N) is 2. The fourth-order valence-corrected chi connectivity index (χ4v) is 2.70. The van der Waals surface area contributed by atoms with Crippen LogP contribution in [0.2, 0.25) is 0 Å². The van der Waals surface area contributed by atoms with Gasteiger partial charge in [-0.1, -0.05) is 13.0 Å². The van der Waals surface area contributed by atoms with Crippen molar-refractivity contribution in [2.24, 2.45) is 0 Å². The van der Waals surface area contributed by atoms with E-state index < -0.39 is 0 Å². The third kappa shape index (κ3) is 4.59. The van der Waals surface area contributed by atoms with Crippen molar-refractivity contribution in [3.8, 4) is 0 Å². The number of pyridine rings is 1. The van der Waals surface area contributed by atoms with Gasteiger partial charge in [0, 0.05) is 31.5 Å². The molecule has 1 aromatic carbocycles. The minimum absolute atomic E-state index is 0.0954. The Kier molecular flexibility index (Phi) is 6.33. The van der Waals surface area contributed by atoms with Crippen LogP contribution in [-0.2, 0) is 0 Å². The van der Waals surface area contributed by atoms with Gasteiger partial charge in [0.25, 0.3) is 5.91 Å². The number of anilines is 1. The van der Waals surface area contributed by atoms with Crippen molar-refractivity contribution < 1.29 is 9.59 Å². The molecule has 138 valence electrons. The van der Waals surface area contributed by atoms with Crippen LogP contribution in [0.25, 0.3) is 0 Å². The van der Waals surface area contributed by atoms with Crippen molar-refractivity contribution in [3.05, 3.63) is 58.9 Å². The highest BCUT2D eigenvalue weighted by atomic mass is 16.2. The molecule has 0 saturated heterocycles. The summed E-state index contributed by atoms with van der Waals surface area (Å²) >= 11 is 0. The van der Waals surface area contributed by atoms with E-state index in [4.69, 9.17) is 0 Å². The Morgan fingerprint density at radius 2 is 1.92 bits per heavy atom. The second-order valence-electron chi connectivity index (χ2n) is 6.50. The number of benzene rings is 1. The van der Waals surface area contributed by atoms with Gasteiger partial charge in [-0.3, -0.25) is 9.78 Å². The van der Waals surface area contributed by atoms with E-state index in [-0.39, 0.29) is 18.0 Å². The molecule has 6 nitrogen and oxygen atoms in total. The predicted molar refractivity (Wildman–Crippen MR) is 103 cm³/mol. The molecule has 0 bridgehead atoms. The van der Waals surface area contributed by atoms with Crippen molar-refractivity contribution in [2.45, 2.75) is 33.2 Å². The number of hydrogen-bond donors (Lipinski definition) is 2. The first-order valence-electron chi connectivity index (χ1n) is 8.64. The van der Waals surface area contributed by atoms with Crippen molar-refractivity contribution >= 4 is 17.6 Å². The van der Waals surface area contributed by atoms with Gasteiger partial charge in [0.15, 0.2) is 0 Å². The Hall–Kier alpha value is -2.89. The van der Waals surface area contributed by atoms with Crippen molar-refractivity contribution in [1.82, 2.24) is 15.2 Å². The molecule has 0 aliphatic carbocycles. The highest BCUT2D eigenvalue weighted by molar-refractivity contribution is 5.98. The average Bonchev–Trinajstić information content (AvgIpc) is 2.60. The number of urea groups is 1. The van der Waals surface area contributed by atoms with Crippen LogP contribution < -0.4 is 10.6 Å². The number of aromatic nitrogens is 1. The normalized spacial score (nSPS) is 11.6. The van der Waals surface area contributed by atoms with E-state index in [1.165, 1.54) is 4.90 Å². The number of carbonyl (C=O) groups is 2. The molecule has 1 atom stereocenters. The highest BCUT2D eigenvalue weighted by Crippen LogP contribution is 2.21. The highest BCUT2D eigenvalue weighted by Gasteiger charge is 2.17. The first-order valence-corrected chi connectivity index (χ1v) is 8.64. The Labute approximate surface area is 154 Å². The maximum Gasteiger partial charge on any atom is 0.319 e. The molecule has 0 fully saturated rings. The lowest BCUT2D eigenvalue weighted by atomic mass is 10.1. The second-order valence-corrected chi connectivity index (χ2v) is 6.50. The molecule has 0 aliphatic heterocycles. The Balaban J connectivity index is 2.14. The zero-order valence-corrected chi connectivity index (χ0v) is 16.0. The molecule has 0 spiro atoms. The Morgan fingerprint density at radius 3 is 2.54 bits per heavy atom. The molecule has 2 rings (SSSR count). The molecule has 0 aliphatic rings. The molecule has 0 unspecified atom stereocenters. The lowest BCUT2D eigenvalue weighted by Crippen LogP contribution is -2.33. The molecule has 2 N–H and O–H groups in total. The van der Waals surface area contributed by atoms with Crippen molar-refractivity contribution in [1.29, 1.82) is 0 Å². The number of nitrogens with zero attached hydrogens (tertiary/aromatic N) is 2. The third-order valence-corrected chi connectivity index (χ3v) is 4.23. The van der Waals surface area contributed by atoms with Crippen LogP contribution >= 0.6 is 0 Å². The summed E-state index contributed by atoms with van der Waals surface area (Å²) in [6.07, 6.45) is 2.47. The number of hydrogen-bond acceptors (Lipinski definition) is 3. The first-order chi connectivity index (χ1) is 12.3. The van der Waals surface area contributed by atoms with E-state index in [0.717, 1.165) is 23.2 Å². The molecule has 6 heteroatoms. The Bertz CT molecular complexity index is 802. The minimum atomic E-state index is -0.322. The van der Waals surface area contributed by atoms with Gasteiger partial charge in [0.05, 0.1) is 11.7 Å². The smallest absolute Gasteiger partial charge is 0.319 e. The topological polar surface area (TPSA) is 74.3 Å². The van der Waals surface area contributed by atoms with Crippen LogP contribution in [0.4, 0.5) is 10.5 Å². The quantitative estimate of drug-likeness (QED) is 0.860. The number of aryl methyl sites for hydroxylation is 1. The summed E-state index contributed by atoms with van der Waals surface area (Å²) in [6.45, 7) is 5.82. The molecule has 0 saturated carbocycles. The fraction of sp³-hybridized carbons (Fsp3) is 0.350. The van der Waals surface area contributed by atoms with Gasteiger partial charge in [-0.05, 0) is 55.7 Å². The van der Waals surface area contributed by atoms with E-state index in [1.54, 1.807) is 38.5 Å². The van der Waals surface area contributed by atoms with E-state index in [1.807, 2.05) is 32.9 Å². The maximum absolute atomic E-state index is 12.5. The minimum Gasteiger partial charge on any atom is -0.345 e. The average molecular weight is 354 g/mol. The lowest BCUT2D eigenvalue weighted by molar-refractivity contribution is 0.0827. The molecule has 1 aromatic heterocycles. The van der Waals surface area contributed by atoms with Gasteiger partial charge < -0.3 is 15.5 Å². The summed E-state index contributed by atoms with van der Waals surface area (Å²) in [5.41, 5.74) is 3.85. The van der Waals surface area contributed by atoms with Crippen molar-refractivity contribution in [2.75, 3.05) is 19.4 Å². The SMILES string of the molecule is CC[C@H](NC(=O)Nc1cccc(C(=O)N(C)C)c1C)c1cc(C)ccn1. The summed E-state index contributed by atoms with van der Waals surface area (Å²) < 4.78 is 0. The monoisotopic (exact) mass is 354 g/mol. The van der Waals surface area contributed by atoms with Crippen LogP contribution in [0.15, 0.2) is 36.5 Å². The van der Waals surface area contributed by atoms with Crippen LogP contribution in [0.5, 0.6) is 0 Å². The summed E-state index contributed by atoms with van der Waals surface area (Å²) in [7, 11) is 3.41. The summed E-state index contributed by atoms with van der Waals surface area (Å²) in [6, 6.07) is 8.70. The molecule has 2 aromatic rings. The van der Waals surface area contributed by atoms with E-state index in [2.05, 4.69) is 15.6 Å². The van der Waals surface area contributed by atoms with Crippen LogP contribution in [0.3, 0.4) is 0 Å². The predicted octanol–water partition coefficient (Wildman–Crippen LogP) is 3.67.